The number of hydrogen-bond donors (Lipinski definition) is 1. The molecule has 1 aromatic heterocycles. The van der Waals surface area contributed by atoms with Crippen LogP contribution in [-0.4, -0.2) is 40.2 Å². The van der Waals surface area contributed by atoms with E-state index in [1.807, 2.05) is 37.3 Å². The average Bonchev–Trinajstić information content (AvgIpc) is 3.59. The second-order valence-electron chi connectivity index (χ2n) is 9.61. The van der Waals surface area contributed by atoms with Crippen molar-refractivity contribution in [2.24, 2.45) is 0 Å². The standard InChI is InChI=1S/C32H30ClN3O5S2/c1-3-5-17-41-24-16-15-21(18-25(24)40-4-2)27-26(28(37)20-11-7-6-8-12-20)29(38)30(39)36(27)31-34-35-32(43-31)42-19-22-13-9-10-14-23(22)33/h6-16,18,27,37H,3-5,17,19H2,1-2H3/b28-26+. The molecule has 11 heteroatoms. The second-order valence-corrected chi connectivity index (χ2v) is 12.2. The third-order valence-electron chi connectivity index (χ3n) is 6.74. The van der Waals surface area contributed by atoms with Crippen LogP contribution in [0, 0.1) is 0 Å². The number of ketones is 1. The fourth-order valence-electron chi connectivity index (χ4n) is 4.62. The van der Waals surface area contributed by atoms with Gasteiger partial charge in [0.05, 0.1) is 24.8 Å². The average molecular weight is 636 g/mol. The van der Waals surface area contributed by atoms with Gasteiger partial charge in [0.15, 0.2) is 15.8 Å². The minimum Gasteiger partial charge on any atom is -0.507 e. The van der Waals surface area contributed by atoms with Crippen LogP contribution in [0.15, 0.2) is 82.7 Å². The molecule has 3 aromatic carbocycles. The van der Waals surface area contributed by atoms with Gasteiger partial charge in [-0.3, -0.25) is 14.5 Å². The van der Waals surface area contributed by atoms with Crippen LogP contribution in [0.2, 0.25) is 5.02 Å². The van der Waals surface area contributed by atoms with Crippen molar-refractivity contribution >= 4 is 57.3 Å². The molecule has 222 valence electrons. The molecule has 2 heterocycles. The zero-order chi connectivity index (χ0) is 30.3. The number of amides is 1. The van der Waals surface area contributed by atoms with E-state index in [0.29, 0.717) is 51.0 Å². The fraction of sp³-hybridized carbons (Fsp3) is 0.250. The number of aliphatic hydroxyl groups excluding tert-OH is 1. The zero-order valence-electron chi connectivity index (χ0n) is 23.7. The number of thioether (sulfide) groups is 1. The lowest BCUT2D eigenvalue weighted by molar-refractivity contribution is -0.132. The van der Waals surface area contributed by atoms with Crippen molar-refractivity contribution in [1.29, 1.82) is 0 Å². The van der Waals surface area contributed by atoms with Crippen molar-refractivity contribution < 1.29 is 24.2 Å². The number of Topliss-reactive ketones (excluding diaryl/α,β-unsaturated/α-hetero) is 1. The predicted molar refractivity (Wildman–Crippen MR) is 170 cm³/mol. The highest BCUT2D eigenvalue weighted by Crippen LogP contribution is 2.45. The van der Waals surface area contributed by atoms with Crippen molar-refractivity contribution in [3.05, 3.63) is 100 Å². The van der Waals surface area contributed by atoms with Gasteiger partial charge < -0.3 is 14.6 Å². The number of aromatic nitrogens is 2. The summed E-state index contributed by atoms with van der Waals surface area (Å²) in [4.78, 5) is 28.5. The summed E-state index contributed by atoms with van der Waals surface area (Å²) in [5, 5.41) is 20.9. The molecular formula is C32H30ClN3O5S2. The van der Waals surface area contributed by atoms with Crippen LogP contribution in [-0.2, 0) is 15.3 Å². The van der Waals surface area contributed by atoms with Gasteiger partial charge in [0.25, 0.3) is 5.78 Å². The van der Waals surface area contributed by atoms with E-state index in [4.69, 9.17) is 21.1 Å². The molecule has 0 aliphatic carbocycles. The third-order valence-corrected chi connectivity index (χ3v) is 9.21. The Kier molecular flexibility index (Phi) is 10.0. The highest BCUT2D eigenvalue weighted by molar-refractivity contribution is 8.00. The Morgan fingerprint density at radius 1 is 1.00 bits per heavy atom. The number of anilines is 1. The van der Waals surface area contributed by atoms with Crippen molar-refractivity contribution in [2.75, 3.05) is 18.1 Å². The molecular weight excluding hydrogens is 606 g/mol. The number of ether oxygens (including phenoxy) is 2. The summed E-state index contributed by atoms with van der Waals surface area (Å²) in [6.07, 6.45) is 1.87. The van der Waals surface area contributed by atoms with Crippen LogP contribution < -0.4 is 14.4 Å². The van der Waals surface area contributed by atoms with Crippen LogP contribution in [0.4, 0.5) is 5.13 Å². The van der Waals surface area contributed by atoms with Crippen molar-refractivity contribution in [2.45, 2.75) is 42.8 Å². The molecule has 1 N–H and O–H groups in total. The van der Waals surface area contributed by atoms with Gasteiger partial charge in [-0.05, 0) is 42.7 Å². The lowest BCUT2D eigenvalue weighted by Crippen LogP contribution is -2.29. The van der Waals surface area contributed by atoms with Crippen LogP contribution in [0.5, 0.6) is 11.5 Å². The summed E-state index contributed by atoms with van der Waals surface area (Å²) >= 11 is 8.94. The van der Waals surface area contributed by atoms with Crippen molar-refractivity contribution in [3.8, 4) is 11.5 Å². The van der Waals surface area contributed by atoms with E-state index in [9.17, 15) is 14.7 Å². The van der Waals surface area contributed by atoms with Crippen LogP contribution in [0.25, 0.3) is 5.76 Å². The van der Waals surface area contributed by atoms with E-state index in [1.165, 1.54) is 28.0 Å². The number of halogens is 1. The van der Waals surface area contributed by atoms with E-state index in [1.54, 1.807) is 42.5 Å². The minimum atomic E-state index is -0.974. The Bertz CT molecular complexity index is 1640. The summed E-state index contributed by atoms with van der Waals surface area (Å²) in [5.74, 6) is -0.286. The van der Waals surface area contributed by atoms with Gasteiger partial charge in [0.2, 0.25) is 5.13 Å². The number of carbonyl (C=O) groups excluding carboxylic acids is 2. The SMILES string of the molecule is CCCCOc1ccc(C2/C(=C(\O)c3ccccc3)C(=O)C(=O)N2c2nnc(SCc3ccccc3Cl)s2)cc1OCC. The van der Waals surface area contributed by atoms with Crippen LogP contribution >= 0.6 is 34.7 Å². The topological polar surface area (TPSA) is 102 Å². The molecule has 4 aromatic rings. The van der Waals surface area contributed by atoms with Gasteiger partial charge in [-0.25, -0.2) is 0 Å². The van der Waals surface area contributed by atoms with Gasteiger partial charge in [0.1, 0.15) is 5.76 Å². The molecule has 1 fully saturated rings. The second kappa shape index (κ2) is 14.1. The van der Waals surface area contributed by atoms with Crippen LogP contribution in [0.1, 0.15) is 49.4 Å². The molecule has 1 aliphatic rings. The molecule has 0 bridgehead atoms. The molecule has 1 atom stereocenters. The summed E-state index contributed by atoms with van der Waals surface area (Å²) in [6, 6.07) is 20.5. The fourth-order valence-corrected chi connectivity index (χ4v) is 6.77. The number of rotatable bonds is 12. The first kappa shape index (κ1) is 30.6. The maximum absolute atomic E-state index is 13.6. The Morgan fingerprint density at radius 3 is 2.51 bits per heavy atom. The maximum atomic E-state index is 13.6. The molecule has 1 amide bonds. The zero-order valence-corrected chi connectivity index (χ0v) is 26.0. The summed E-state index contributed by atoms with van der Waals surface area (Å²) in [5.41, 5.74) is 1.88. The number of hydrogen-bond acceptors (Lipinski definition) is 9. The Morgan fingerprint density at radius 2 is 1.77 bits per heavy atom. The van der Waals surface area contributed by atoms with E-state index in [-0.39, 0.29) is 16.5 Å². The van der Waals surface area contributed by atoms with Gasteiger partial charge in [-0.1, -0.05) is 103 Å². The number of carbonyl (C=O) groups is 2. The summed E-state index contributed by atoms with van der Waals surface area (Å²) in [7, 11) is 0. The van der Waals surface area contributed by atoms with E-state index < -0.39 is 17.7 Å². The monoisotopic (exact) mass is 635 g/mol. The Labute approximate surface area is 263 Å². The minimum absolute atomic E-state index is 0.0428. The summed E-state index contributed by atoms with van der Waals surface area (Å²) < 4.78 is 12.5. The maximum Gasteiger partial charge on any atom is 0.301 e. The van der Waals surface area contributed by atoms with E-state index >= 15 is 0 Å². The first-order valence-corrected chi connectivity index (χ1v) is 16.1. The number of nitrogens with zero attached hydrogens (tertiary/aromatic N) is 3. The van der Waals surface area contributed by atoms with Crippen LogP contribution in [0.3, 0.4) is 0 Å². The first-order valence-electron chi connectivity index (χ1n) is 13.9. The lowest BCUT2D eigenvalue weighted by Gasteiger charge is -2.23. The predicted octanol–water partition coefficient (Wildman–Crippen LogP) is 7.69. The van der Waals surface area contributed by atoms with Crippen molar-refractivity contribution in [3.63, 3.8) is 0 Å². The van der Waals surface area contributed by atoms with E-state index in [2.05, 4.69) is 17.1 Å². The Hall–Kier alpha value is -3.86. The Balaban J connectivity index is 1.56. The molecule has 43 heavy (non-hydrogen) atoms. The molecule has 0 saturated carbocycles. The van der Waals surface area contributed by atoms with Gasteiger partial charge >= 0.3 is 5.91 Å². The molecule has 0 spiro atoms. The largest absolute Gasteiger partial charge is 0.507 e. The highest BCUT2D eigenvalue weighted by atomic mass is 35.5. The van der Waals surface area contributed by atoms with Gasteiger partial charge in [-0.15, -0.1) is 10.2 Å². The molecule has 1 aliphatic heterocycles. The highest BCUT2D eigenvalue weighted by Gasteiger charge is 2.48. The van der Waals surface area contributed by atoms with Gasteiger partial charge in [0, 0.05) is 16.3 Å². The van der Waals surface area contributed by atoms with E-state index in [0.717, 1.165) is 18.4 Å². The number of unbranched alkanes of at least 4 members (excludes halogenated alkanes) is 1. The number of aliphatic hydroxyl groups is 1. The molecule has 8 nitrogen and oxygen atoms in total. The molecule has 0 radical (unpaired) electrons. The number of benzene rings is 3. The quantitative estimate of drug-likeness (QED) is 0.0422. The summed E-state index contributed by atoms with van der Waals surface area (Å²) in [6.45, 7) is 4.87. The molecule has 5 rings (SSSR count). The van der Waals surface area contributed by atoms with Crippen molar-refractivity contribution in [1.82, 2.24) is 10.2 Å². The molecule has 1 unspecified atom stereocenters. The molecule has 1 saturated heterocycles. The lowest BCUT2D eigenvalue weighted by atomic mass is 9.95. The normalized spacial score (nSPS) is 16.1. The van der Waals surface area contributed by atoms with Gasteiger partial charge in [-0.2, -0.15) is 0 Å². The smallest absolute Gasteiger partial charge is 0.301 e. The first-order chi connectivity index (χ1) is 20.9. The third kappa shape index (κ3) is 6.71.